The Hall–Kier alpha value is -2.68. The maximum Gasteiger partial charge on any atom is 0.178 e. The van der Waals surface area contributed by atoms with Gasteiger partial charge in [0, 0.05) is 5.02 Å². The maximum atomic E-state index is 13.0. The predicted octanol–water partition coefficient (Wildman–Crippen LogP) is 5.12. The van der Waals surface area contributed by atoms with Gasteiger partial charge < -0.3 is 4.74 Å². The van der Waals surface area contributed by atoms with Gasteiger partial charge in [-0.2, -0.15) is 0 Å². The molecular weight excluding hydrogens is 466 g/mol. The topological polar surface area (TPSA) is 74.1 Å². The van der Waals surface area contributed by atoms with Crippen LogP contribution in [0.2, 0.25) is 5.02 Å². The number of aromatic nitrogens is 3. The molecule has 0 unspecified atom stereocenters. The van der Waals surface area contributed by atoms with Crippen molar-refractivity contribution in [1.29, 1.82) is 0 Å². The van der Waals surface area contributed by atoms with Crippen LogP contribution in [0.3, 0.4) is 0 Å². The summed E-state index contributed by atoms with van der Waals surface area (Å²) in [4.78, 5) is 0.896. The van der Waals surface area contributed by atoms with Gasteiger partial charge in [0.25, 0.3) is 0 Å². The molecule has 9 heteroatoms. The van der Waals surface area contributed by atoms with Crippen molar-refractivity contribution in [3.63, 3.8) is 0 Å². The molecule has 0 aliphatic carbocycles. The number of thiophene rings is 1. The van der Waals surface area contributed by atoms with Gasteiger partial charge in [-0.25, -0.2) is 8.42 Å². The van der Waals surface area contributed by atoms with E-state index in [2.05, 4.69) is 10.2 Å². The van der Waals surface area contributed by atoms with E-state index >= 15 is 0 Å². The van der Waals surface area contributed by atoms with Gasteiger partial charge in [-0.3, -0.25) is 4.57 Å². The lowest BCUT2D eigenvalue weighted by Crippen LogP contribution is -2.16. The molecule has 0 radical (unpaired) electrons. The van der Waals surface area contributed by atoms with Crippen molar-refractivity contribution in [2.75, 3.05) is 12.9 Å². The Labute approximate surface area is 196 Å². The van der Waals surface area contributed by atoms with Gasteiger partial charge in [0.1, 0.15) is 11.5 Å². The second-order valence-corrected chi connectivity index (χ2v) is 10.9. The Kier molecular flexibility index (Phi) is 6.64. The van der Waals surface area contributed by atoms with Gasteiger partial charge in [0.15, 0.2) is 21.5 Å². The molecule has 0 bridgehead atoms. The van der Waals surface area contributed by atoms with Crippen LogP contribution in [0.25, 0.3) is 16.4 Å². The quantitative estimate of drug-likeness (QED) is 0.344. The summed E-state index contributed by atoms with van der Waals surface area (Å²) in [6, 6.07) is 16.8. The number of halogens is 1. The minimum absolute atomic E-state index is 0.000729. The highest BCUT2D eigenvalue weighted by Crippen LogP contribution is 2.33. The van der Waals surface area contributed by atoms with Crippen molar-refractivity contribution < 1.29 is 13.2 Å². The van der Waals surface area contributed by atoms with E-state index in [1.54, 1.807) is 23.8 Å². The lowest BCUT2D eigenvalue weighted by atomic mass is 10.1. The first-order valence-corrected chi connectivity index (χ1v) is 13.0. The van der Waals surface area contributed by atoms with Crippen LogP contribution in [0.4, 0.5) is 0 Å². The van der Waals surface area contributed by atoms with Gasteiger partial charge in [0.05, 0.1) is 23.4 Å². The second-order valence-electron chi connectivity index (χ2n) is 7.35. The van der Waals surface area contributed by atoms with E-state index in [9.17, 15) is 8.42 Å². The van der Waals surface area contributed by atoms with Crippen molar-refractivity contribution in [2.45, 2.75) is 19.1 Å². The number of ether oxygens (including phenoxy) is 1. The summed E-state index contributed by atoms with van der Waals surface area (Å²) in [7, 11) is -1.86. The molecule has 4 rings (SSSR count). The first-order chi connectivity index (χ1) is 15.4. The molecule has 2 heterocycles. The summed E-state index contributed by atoms with van der Waals surface area (Å²) in [5.74, 6) is 1.35. The average Bonchev–Trinajstić information content (AvgIpc) is 3.43. The number of benzene rings is 2. The summed E-state index contributed by atoms with van der Waals surface area (Å²) >= 11 is 7.44. The van der Waals surface area contributed by atoms with E-state index < -0.39 is 9.84 Å². The first-order valence-electron chi connectivity index (χ1n) is 9.95. The zero-order chi connectivity index (χ0) is 22.7. The molecule has 2 aromatic heterocycles. The van der Waals surface area contributed by atoms with Crippen LogP contribution < -0.4 is 4.74 Å². The molecule has 6 nitrogen and oxygen atoms in total. The summed E-state index contributed by atoms with van der Waals surface area (Å²) in [6.07, 6.45) is 0.402. The van der Waals surface area contributed by atoms with Crippen LogP contribution in [-0.4, -0.2) is 36.0 Å². The number of para-hydroxylation sites is 1. The summed E-state index contributed by atoms with van der Waals surface area (Å²) in [5, 5.41) is 11.2. The standard InChI is InChI=1S/C23H22ClN3O3S2/c1-16-5-3-6-19(30-2)22(16)27-21(25-26-23(27)20-7-4-13-31-20)15-32(28,29)14-12-17-8-10-18(24)11-9-17/h3-11,13H,12,14-15H2,1-2H3. The fraction of sp³-hybridized carbons (Fsp3) is 0.217. The average molecular weight is 488 g/mol. The van der Waals surface area contributed by atoms with Crippen LogP contribution >= 0.6 is 22.9 Å². The van der Waals surface area contributed by atoms with E-state index in [0.717, 1.165) is 21.7 Å². The molecule has 166 valence electrons. The fourth-order valence-electron chi connectivity index (χ4n) is 3.49. The Morgan fingerprint density at radius 1 is 1.06 bits per heavy atom. The number of sulfone groups is 1. The zero-order valence-corrected chi connectivity index (χ0v) is 20.0. The smallest absolute Gasteiger partial charge is 0.178 e. The lowest BCUT2D eigenvalue weighted by Gasteiger charge is -2.16. The van der Waals surface area contributed by atoms with E-state index in [-0.39, 0.29) is 11.5 Å². The van der Waals surface area contributed by atoms with Crippen molar-refractivity contribution in [1.82, 2.24) is 14.8 Å². The molecule has 0 spiro atoms. The van der Waals surface area contributed by atoms with Crippen LogP contribution in [0.1, 0.15) is 17.0 Å². The van der Waals surface area contributed by atoms with Crippen LogP contribution in [0.5, 0.6) is 5.75 Å². The van der Waals surface area contributed by atoms with E-state index in [0.29, 0.717) is 28.8 Å². The van der Waals surface area contributed by atoms with E-state index in [1.165, 1.54) is 11.3 Å². The highest BCUT2D eigenvalue weighted by atomic mass is 35.5. The third kappa shape index (κ3) is 4.87. The van der Waals surface area contributed by atoms with Crippen LogP contribution in [0.15, 0.2) is 60.0 Å². The molecular formula is C23H22ClN3O3S2. The zero-order valence-electron chi connectivity index (χ0n) is 17.7. The Morgan fingerprint density at radius 3 is 2.53 bits per heavy atom. The molecule has 0 amide bonds. The first kappa shape index (κ1) is 22.5. The van der Waals surface area contributed by atoms with Gasteiger partial charge in [0.2, 0.25) is 0 Å². The highest BCUT2D eigenvalue weighted by Gasteiger charge is 2.24. The van der Waals surface area contributed by atoms with Gasteiger partial charge in [-0.1, -0.05) is 41.9 Å². The van der Waals surface area contributed by atoms with Crippen molar-refractivity contribution in [3.8, 4) is 22.1 Å². The molecule has 0 saturated heterocycles. The number of rotatable bonds is 8. The Balaban J connectivity index is 1.71. The molecule has 2 aromatic carbocycles. The van der Waals surface area contributed by atoms with Gasteiger partial charge >= 0.3 is 0 Å². The van der Waals surface area contributed by atoms with Gasteiger partial charge in [-0.05, 0) is 54.1 Å². The Bertz CT molecular complexity index is 1320. The Morgan fingerprint density at radius 2 is 1.84 bits per heavy atom. The summed E-state index contributed by atoms with van der Waals surface area (Å²) in [5.41, 5.74) is 2.59. The fourth-order valence-corrected chi connectivity index (χ4v) is 5.58. The minimum Gasteiger partial charge on any atom is -0.495 e. The van der Waals surface area contributed by atoms with Crippen molar-refractivity contribution in [3.05, 3.63) is 82.0 Å². The normalized spacial score (nSPS) is 11.6. The number of nitrogens with zero attached hydrogens (tertiary/aromatic N) is 3. The van der Waals surface area contributed by atoms with E-state index in [1.807, 2.05) is 54.8 Å². The number of hydrogen-bond donors (Lipinski definition) is 0. The lowest BCUT2D eigenvalue weighted by molar-refractivity contribution is 0.412. The largest absolute Gasteiger partial charge is 0.495 e. The third-order valence-electron chi connectivity index (χ3n) is 5.08. The molecule has 32 heavy (non-hydrogen) atoms. The minimum atomic E-state index is -3.46. The SMILES string of the molecule is COc1cccc(C)c1-n1c(CS(=O)(=O)CCc2ccc(Cl)cc2)nnc1-c1cccs1. The van der Waals surface area contributed by atoms with Gasteiger partial charge in [-0.15, -0.1) is 21.5 Å². The molecule has 0 aliphatic heterocycles. The second kappa shape index (κ2) is 9.44. The predicted molar refractivity (Wildman–Crippen MR) is 129 cm³/mol. The molecule has 4 aromatic rings. The maximum absolute atomic E-state index is 13.0. The molecule has 0 N–H and O–H groups in total. The highest BCUT2D eigenvalue weighted by molar-refractivity contribution is 7.90. The van der Waals surface area contributed by atoms with E-state index in [4.69, 9.17) is 16.3 Å². The molecule has 0 atom stereocenters. The number of hydrogen-bond acceptors (Lipinski definition) is 6. The monoisotopic (exact) mass is 487 g/mol. The number of methoxy groups -OCH3 is 1. The van der Waals surface area contributed by atoms with Crippen LogP contribution in [0, 0.1) is 6.92 Å². The number of aryl methyl sites for hydroxylation is 2. The van der Waals surface area contributed by atoms with Crippen LogP contribution in [-0.2, 0) is 22.0 Å². The molecule has 0 aliphatic rings. The summed E-state index contributed by atoms with van der Waals surface area (Å²) < 4.78 is 33.4. The van der Waals surface area contributed by atoms with Crippen molar-refractivity contribution >= 4 is 32.8 Å². The summed E-state index contributed by atoms with van der Waals surface area (Å²) in [6.45, 7) is 1.95. The van der Waals surface area contributed by atoms with Crippen molar-refractivity contribution in [2.24, 2.45) is 0 Å². The molecule has 0 fully saturated rings. The molecule has 0 saturated carbocycles. The third-order valence-corrected chi connectivity index (χ3v) is 7.72.